The lowest BCUT2D eigenvalue weighted by Gasteiger charge is -2.41. The van der Waals surface area contributed by atoms with E-state index in [-0.39, 0.29) is 14.9 Å². The molecule has 32 heavy (non-hydrogen) atoms. The van der Waals surface area contributed by atoms with Gasteiger partial charge >= 0.3 is 0 Å². The zero-order valence-corrected chi connectivity index (χ0v) is 22.2. The van der Waals surface area contributed by atoms with Crippen LogP contribution in [0, 0.1) is 5.92 Å². The number of piperidine rings is 1. The number of hydrogen-bond donors (Lipinski definition) is 0. The number of likely N-dealkylation sites (N-methyl/N-ethyl adjacent to an activating group) is 2. The molecule has 0 N–H and O–H groups in total. The molecule has 0 aromatic rings. The Kier molecular flexibility index (Phi) is 16.3. The maximum Gasteiger partial charge on any atom is 0.0162 e. The SMILES string of the molecule is C.C.CC1=CCN(C)CC1.CC1CCN(C(C)(C)C)CC1.CN1CCN(C(C)(C)C)CC1. The van der Waals surface area contributed by atoms with Gasteiger partial charge < -0.3 is 9.80 Å². The van der Waals surface area contributed by atoms with Crippen LogP contribution in [0.15, 0.2) is 11.6 Å². The van der Waals surface area contributed by atoms with Crippen LogP contribution < -0.4 is 0 Å². The third-order valence-corrected chi connectivity index (χ3v) is 6.82. The van der Waals surface area contributed by atoms with Crippen LogP contribution in [-0.4, -0.2) is 97.1 Å². The van der Waals surface area contributed by atoms with Crippen LogP contribution in [-0.2, 0) is 0 Å². The van der Waals surface area contributed by atoms with Crippen molar-refractivity contribution >= 4 is 0 Å². The maximum atomic E-state index is 2.59. The summed E-state index contributed by atoms with van der Waals surface area (Å²) < 4.78 is 0. The molecule has 0 spiro atoms. The first-order chi connectivity index (χ1) is 13.8. The lowest BCUT2D eigenvalue weighted by molar-refractivity contribution is 0.0735. The van der Waals surface area contributed by atoms with Crippen molar-refractivity contribution in [2.45, 2.75) is 101 Å². The first-order valence-electron chi connectivity index (χ1n) is 12.3. The van der Waals surface area contributed by atoms with Crippen molar-refractivity contribution in [3.63, 3.8) is 0 Å². The van der Waals surface area contributed by atoms with Crippen molar-refractivity contribution < 1.29 is 0 Å². The lowest BCUT2D eigenvalue weighted by Crippen LogP contribution is -2.52. The first-order valence-corrected chi connectivity index (χ1v) is 12.3. The van der Waals surface area contributed by atoms with Crippen molar-refractivity contribution in [3.05, 3.63) is 11.6 Å². The first kappa shape index (κ1) is 33.8. The Bertz CT molecular complexity index is 453. The highest BCUT2D eigenvalue weighted by Crippen LogP contribution is 2.22. The number of rotatable bonds is 0. The molecule has 0 aromatic carbocycles. The molecule has 0 amide bonds. The molecule has 0 saturated carbocycles. The van der Waals surface area contributed by atoms with E-state index in [1.807, 2.05) is 0 Å². The Hall–Kier alpha value is -0.420. The van der Waals surface area contributed by atoms with Gasteiger partial charge in [-0.2, -0.15) is 0 Å². The molecule has 2 fully saturated rings. The van der Waals surface area contributed by atoms with E-state index in [9.17, 15) is 0 Å². The number of hydrogen-bond acceptors (Lipinski definition) is 4. The zero-order valence-electron chi connectivity index (χ0n) is 22.2. The molecule has 3 aliphatic rings. The Balaban J connectivity index is 0. The van der Waals surface area contributed by atoms with Crippen LogP contribution in [0.2, 0.25) is 0 Å². The van der Waals surface area contributed by atoms with Gasteiger partial charge in [0.05, 0.1) is 0 Å². The van der Waals surface area contributed by atoms with Crippen LogP contribution in [0.3, 0.4) is 0 Å². The van der Waals surface area contributed by atoms with Gasteiger partial charge in [0.15, 0.2) is 0 Å². The molecule has 0 atom stereocenters. The molecule has 2 saturated heterocycles. The molecule has 3 rings (SSSR count). The molecular formula is C28H62N4. The molecule has 3 aliphatic heterocycles. The summed E-state index contributed by atoms with van der Waals surface area (Å²) in [4.78, 5) is 9.86. The highest BCUT2D eigenvalue weighted by Gasteiger charge is 2.25. The van der Waals surface area contributed by atoms with Crippen molar-refractivity contribution in [2.24, 2.45) is 5.92 Å². The monoisotopic (exact) mass is 454 g/mol. The van der Waals surface area contributed by atoms with Crippen molar-refractivity contribution in [3.8, 4) is 0 Å². The van der Waals surface area contributed by atoms with Gasteiger partial charge in [-0.25, -0.2) is 0 Å². The summed E-state index contributed by atoms with van der Waals surface area (Å²) in [6.45, 7) is 28.2. The number of nitrogens with zero attached hydrogens (tertiary/aromatic N) is 4. The van der Waals surface area contributed by atoms with E-state index in [0.29, 0.717) is 11.1 Å². The molecule has 0 bridgehead atoms. The molecule has 194 valence electrons. The van der Waals surface area contributed by atoms with E-state index in [1.165, 1.54) is 65.1 Å². The van der Waals surface area contributed by atoms with Gasteiger partial charge in [-0.05, 0) is 101 Å². The van der Waals surface area contributed by atoms with Gasteiger partial charge in [0.1, 0.15) is 0 Å². The zero-order chi connectivity index (χ0) is 22.9. The summed E-state index contributed by atoms with van der Waals surface area (Å²) in [5, 5.41) is 0. The number of piperazine rings is 1. The molecule has 0 radical (unpaired) electrons. The fourth-order valence-corrected chi connectivity index (χ4v) is 4.03. The fraction of sp³-hybridized carbons (Fsp3) is 0.929. The largest absolute Gasteiger partial charge is 0.304 e. The Morgan fingerprint density at radius 3 is 1.47 bits per heavy atom. The average Bonchev–Trinajstić information content (AvgIpc) is 2.64. The molecular weight excluding hydrogens is 392 g/mol. The molecule has 4 heteroatoms. The second-order valence-electron chi connectivity index (χ2n) is 11.9. The van der Waals surface area contributed by atoms with Crippen LogP contribution in [0.5, 0.6) is 0 Å². The third-order valence-electron chi connectivity index (χ3n) is 6.82. The van der Waals surface area contributed by atoms with Gasteiger partial charge in [-0.1, -0.05) is 33.4 Å². The van der Waals surface area contributed by atoms with Gasteiger partial charge in [-0.3, -0.25) is 9.80 Å². The van der Waals surface area contributed by atoms with E-state index >= 15 is 0 Å². The normalized spacial score (nSPS) is 22.2. The second kappa shape index (κ2) is 15.5. The summed E-state index contributed by atoms with van der Waals surface area (Å²) in [5.74, 6) is 0.952. The van der Waals surface area contributed by atoms with Crippen LogP contribution >= 0.6 is 0 Å². The summed E-state index contributed by atoms with van der Waals surface area (Å²) in [5.41, 5.74) is 2.30. The van der Waals surface area contributed by atoms with E-state index in [1.54, 1.807) is 5.57 Å². The maximum absolute atomic E-state index is 2.59. The Labute approximate surface area is 204 Å². The minimum absolute atomic E-state index is 0. The van der Waals surface area contributed by atoms with Crippen molar-refractivity contribution in [1.29, 1.82) is 0 Å². The summed E-state index contributed by atoms with van der Waals surface area (Å²) in [7, 11) is 4.35. The lowest BCUT2D eigenvalue weighted by atomic mass is 9.95. The predicted octanol–water partition coefficient (Wildman–Crippen LogP) is 6.09. The van der Waals surface area contributed by atoms with Crippen LogP contribution in [0.1, 0.15) is 89.5 Å². The van der Waals surface area contributed by atoms with E-state index in [4.69, 9.17) is 0 Å². The van der Waals surface area contributed by atoms with Gasteiger partial charge in [0, 0.05) is 50.3 Å². The molecule has 3 heterocycles. The minimum atomic E-state index is 0. The molecule has 0 aliphatic carbocycles. The van der Waals surface area contributed by atoms with Gasteiger partial charge in [-0.15, -0.1) is 0 Å². The molecule has 4 nitrogen and oxygen atoms in total. The topological polar surface area (TPSA) is 13.0 Å². The standard InChI is InChI=1S/C10H21N.C9H20N2.C7H13N.2CH4/c1-9-5-7-11(8-6-9)10(2,3)4;1-9(2,3)11-7-5-10(4)6-8-11;1-7-3-5-8(2)6-4-7;;/h9H,5-8H2,1-4H3;5-8H2,1-4H3;3H,4-6H2,1-2H3;2*1H4. The third kappa shape index (κ3) is 14.0. The van der Waals surface area contributed by atoms with E-state index in [2.05, 4.69) is 95.2 Å². The highest BCUT2D eigenvalue weighted by molar-refractivity contribution is 5.02. The summed E-state index contributed by atoms with van der Waals surface area (Å²) >= 11 is 0. The van der Waals surface area contributed by atoms with Gasteiger partial charge in [0.2, 0.25) is 0 Å². The highest BCUT2D eigenvalue weighted by atomic mass is 15.3. The second-order valence-corrected chi connectivity index (χ2v) is 11.9. The van der Waals surface area contributed by atoms with Crippen LogP contribution in [0.25, 0.3) is 0 Å². The average molecular weight is 455 g/mol. The van der Waals surface area contributed by atoms with Gasteiger partial charge in [0.25, 0.3) is 0 Å². The fourth-order valence-electron chi connectivity index (χ4n) is 4.03. The quantitative estimate of drug-likeness (QED) is 0.411. The summed E-state index contributed by atoms with van der Waals surface area (Å²) in [6, 6.07) is 0. The van der Waals surface area contributed by atoms with Crippen molar-refractivity contribution in [2.75, 3.05) is 66.5 Å². The van der Waals surface area contributed by atoms with E-state index < -0.39 is 0 Å². The molecule has 0 unspecified atom stereocenters. The van der Waals surface area contributed by atoms with E-state index in [0.717, 1.165) is 12.5 Å². The van der Waals surface area contributed by atoms with Crippen LogP contribution in [0.4, 0.5) is 0 Å². The predicted molar refractivity (Wildman–Crippen MR) is 148 cm³/mol. The molecule has 0 aromatic heterocycles. The minimum Gasteiger partial charge on any atom is -0.304 e. The Morgan fingerprint density at radius 1 is 0.688 bits per heavy atom. The van der Waals surface area contributed by atoms with Crippen molar-refractivity contribution in [1.82, 2.24) is 19.6 Å². The Morgan fingerprint density at radius 2 is 1.12 bits per heavy atom. The smallest absolute Gasteiger partial charge is 0.0162 e. The number of likely N-dealkylation sites (tertiary alicyclic amines) is 1. The summed E-state index contributed by atoms with van der Waals surface area (Å²) in [6.07, 6.45) is 6.33.